The Hall–Kier alpha value is -1.79. The van der Waals surface area contributed by atoms with Crippen molar-refractivity contribution < 1.29 is 19.4 Å². The number of ether oxygens (including phenoxy) is 1. The number of nitrogens with zero attached hydrogens (tertiary/aromatic N) is 1. The molecule has 7 heteroatoms. The molecule has 1 rings (SSSR count). The van der Waals surface area contributed by atoms with E-state index in [0.717, 1.165) is 0 Å². The molecule has 0 heterocycles. The zero-order chi connectivity index (χ0) is 15.8. The monoisotopic (exact) mass is 314 g/mol. The minimum Gasteiger partial charge on any atom is -0.478 e. The molecule has 1 aromatic carbocycles. The van der Waals surface area contributed by atoms with Gasteiger partial charge in [0.1, 0.15) is 0 Å². The average Bonchev–Trinajstić information content (AvgIpc) is 2.43. The molecule has 21 heavy (non-hydrogen) atoms. The molecule has 0 fully saturated rings. The van der Waals surface area contributed by atoms with Crippen molar-refractivity contribution in [1.82, 2.24) is 4.90 Å². The van der Waals surface area contributed by atoms with Crippen LogP contribution in [-0.2, 0) is 4.74 Å². The van der Waals surface area contributed by atoms with Crippen LogP contribution in [-0.4, -0.2) is 48.3 Å². The molecule has 6 nitrogen and oxygen atoms in total. The fourth-order valence-electron chi connectivity index (χ4n) is 1.72. The SMILES string of the molecule is CCOCCN(CC)C(=O)Nc1cc(Cl)ccc1C(=O)O. The number of hydrogen-bond donors (Lipinski definition) is 2. The number of urea groups is 1. The number of amides is 2. The molecular weight excluding hydrogens is 296 g/mol. The number of hydrogen-bond acceptors (Lipinski definition) is 3. The van der Waals surface area contributed by atoms with E-state index in [2.05, 4.69) is 5.32 Å². The third-order valence-electron chi connectivity index (χ3n) is 2.83. The number of halogens is 1. The first-order chi connectivity index (χ1) is 9.99. The lowest BCUT2D eigenvalue weighted by Gasteiger charge is -2.21. The molecule has 0 saturated heterocycles. The van der Waals surface area contributed by atoms with Crippen LogP contribution in [0, 0.1) is 0 Å². The number of aromatic carboxylic acids is 1. The Kier molecular flexibility index (Phi) is 6.98. The maximum atomic E-state index is 12.1. The van der Waals surface area contributed by atoms with E-state index in [1.807, 2.05) is 13.8 Å². The van der Waals surface area contributed by atoms with Gasteiger partial charge in [-0.1, -0.05) is 11.6 Å². The number of carboxylic acids is 1. The second-order valence-corrected chi connectivity index (χ2v) is 4.64. The predicted molar refractivity (Wildman–Crippen MR) is 81.2 cm³/mol. The summed E-state index contributed by atoms with van der Waals surface area (Å²) < 4.78 is 5.21. The van der Waals surface area contributed by atoms with E-state index in [4.69, 9.17) is 21.4 Å². The largest absolute Gasteiger partial charge is 0.478 e. The van der Waals surface area contributed by atoms with Gasteiger partial charge in [0.2, 0.25) is 0 Å². The van der Waals surface area contributed by atoms with Crippen LogP contribution >= 0.6 is 11.6 Å². The molecule has 2 N–H and O–H groups in total. The van der Waals surface area contributed by atoms with E-state index in [9.17, 15) is 9.59 Å². The number of benzene rings is 1. The highest BCUT2D eigenvalue weighted by molar-refractivity contribution is 6.31. The summed E-state index contributed by atoms with van der Waals surface area (Å²) in [6.07, 6.45) is 0. The average molecular weight is 315 g/mol. The fraction of sp³-hybridized carbons (Fsp3) is 0.429. The Morgan fingerprint density at radius 2 is 2.10 bits per heavy atom. The van der Waals surface area contributed by atoms with Gasteiger partial charge in [-0.2, -0.15) is 0 Å². The summed E-state index contributed by atoms with van der Waals surface area (Å²) in [5.41, 5.74) is 0.170. The number of carboxylic acid groups (broad SMARTS) is 1. The predicted octanol–water partition coefficient (Wildman–Crippen LogP) is 2.93. The van der Waals surface area contributed by atoms with Gasteiger partial charge in [-0.3, -0.25) is 0 Å². The van der Waals surface area contributed by atoms with Crippen LogP contribution in [0.4, 0.5) is 10.5 Å². The van der Waals surface area contributed by atoms with Crippen molar-refractivity contribution in [3.63, 3.8) is 0 Å². The molecule has 116 valence electrons. The number of likely N-dealkylation sites (N-methyl/N-ethyl adjacent to an activating group) is 1. The maximum Gasteiger partial charge on any atom is 0.337 e. The fourth-order valence-corrected chi connectivity index (χ4v) is 1.90. The van der Waals surface area contributed by atoms with Gasteiger partial charge >= 0.3 is 12.0 Å². The summed E-state index contributed by atoms with van der Waals surface area (Å²) in [5.74, 6) is -1.13. The van der Waals surface area contributed by atoms with Crippen LogP contribution in [0.3, 0.4) is 0 Å². The Bertz CT molecular complexity index is 508. The van der Waals surface area contributed by atoms with Gasteiger partial charge in [0, 0.05) is 24.7 Å². The van der Waals surface area contributed by atoms with Crippen LogP contribution in [0.25, 0.3) is 0 Å². The summed E-state index contributed by atoms with van der Waals surface area (Å²) in [5, 5.41) is 12.0. The Labute approximate surface area is 128 Å². The van der Waals surface area contributed by atoms with Crippen molar-refractivity contribution in [3.05, 3.63) is 28.8 Å². The molecule has 0 spiro atoms. The normalized spacial score (nSPS) is 10.2. The topological polar surface area (TPSA) is 78.9 Å². The highest BCUT2D eigenvalue weighted by Gasteiger charge is 2.16. The molecule has 0 radical (unpaired) electrons. The molecule has 0 aromatic heterocycles. The highest BCUT2D eigenvalue weighted by atomic mass is 35.5. The summed E-state index contributed by atoms with van der Waals surface area (Å²) in [4.78, 5) is 24.8. The zero-order valence-electron chi connectivity index (χ0n) is 12.1. The van der Waals surface area contributed by atoms with Gasteiger partial charge in [-0.05, 0) is 32.0 Å². The molecule has 1 aromatic rings. The Balaban J connectivity index is 2.81. The van der Waals surface area contributed by atoms with Crippen molar-refractivity contribution in [1.29, 1.82) is 0 Å². The first-order valence-corrected chi connectivity index (χ1v) is 7.03. The molecular formula is C14H19ClN2O4. The van der Waals surface area contributed by atoms with Crippen LogP contribution in [0.1, 0.15) is 24.2 Å². The van der Waals surface area contributed by atoms with Gasteiger partial charge in [0.25, 0.3) is 0 Å². The van der Waals surface area contributed by atoms with E-state index in [-0.39, 0.29) is 17.3 Å². The number of nitrogens with one attached hydrogen (secondary N) is 1. The van der Waals surface area contributed by atoms with Crippen molar-refractivity contribution in [2.24, 2.45) is 0 Å². The number of rotatable bonds is 7. The van der Waals surface area contributed by atoms with Gasteiger partial charge in [0.15, 0.2) is 0 Å². The van der Waals surface area contributed by atoms with E-state index < -0.39 is 5.97 Å². The molecule has 0 bridgehead atoms. The number of carbonyl (C=O) groups is 2. The maximum absolute atomic E-state index is 12.1. The lowest BCUT2D eigenvalue weighted by Crippen LogP contribution is -2.37. The summed E-state index contributed by atoms with van der Waals surface area (Å²) >= 11 is 5.84. The van der Waals surface area contributed by atoms with E-state index in [0.29, 0.717) is 31.3 Å². The van der Waals surface area contributed by atoms with E-state index in [1.54, 1.807) is 0 Å². The minimum atomic E-state index is -1.13. The van der Waals surface area contributed by atoms with Crippen molar-refractivity contribution in [2.75, 3.05) is 31.6 Å². The lowest BCUT2D eigenvalue weighted by molar-refractivity contribution is 0.0698. The third kappa shape index (κ3) is 5.24. The third-order valence-corrected chi connectivity index (χ3v) is 3.07. The van der Waals surface area contributed by atoms with Crippen molar-refractivity contribution in [2.45, 2.75) is 13.8 Å². The highest BCUT2D eigenvalue weighted by Crippen LogP contribution is 2.21. The van der Waals surface area contributed by atoms with Gasteiger partial charge < -0.3 is 20.1 Å². The van der Waals surface area contributed by atoms with Crippen molar-refractivity contribution in [3.8, 4) is 0 Å². The van der Waals surface area contributed by atoms with E-state index >= 15 is 0 Å². The Morgan fingerprint density at radius 3 is 2.67 bits per heavy atom. The van der Waals surface area contributed by atoms with E-state index in [1.165, 1.54) is 23.1 Å². The zero-order valence-corrected chi connectivity index (χ0v) is 12.8. The van der Waals surface area contributed by atoms with Crippen LogP contribution in [0.5, 0.6) is 0 Å². The van der Waals surface area contributed by atoms with Gasteiger partial charge in [-0.25, -0.2) is 9.59 Å². The Morgan fingerprint density at radius 1 is 1.38 bits per heavy atom. The molecule has 0 aliphatic carbocycles. The summed E-state index contributed by atoms with van der Waals surface area (Å²) in [6, 6.07) is 3.85. The van der Waals surface area contributed by atoms with Crippen LogP contribution < -0.4 is 5.32 Å². The molecule has 0 unspecified atom stereocenters. The lowest BCUT2D eigenvalue weighted by atomic mass is 10.2. The number of anilines is 1. The second kappa shape index (κ2) is 8.49. The quantitative estimate of drug-likeness (QED) is 0.758. The molecule has 0 saturated carbocycles. The summed E-state index contributed by atoms with van der Waals surface area (Å²) in [6.45, 7) is 5.64. The van der Waals surface area contributed by atoms with Crippen LogP contribution in [0.15, 0.2) is 18.2 Å². The standard InChI is InChI=1S/C14H19ClN2O4/c1-3-17(7-8-21-4-2)14(20)16-12-9-10(15)5-6-11(12)13(18)19/h5-6,9H,3-4,7-8H2,1-2H3,(H,16,20)(H,18,19). The molecule has 2 amide bonds. The van der Waals surface area contributed by atoms with Gasteiger partial charge in [0.05, 0.1) is 17.9 Å². The molecule has 0 aliphatic heterocycles. The second-order valence-electron chi connectivity index (χ2n) is 4.20. The minimum absolute atomic E-state index is 0.00592. The number of carbonyl (C=O) groups excluding carboxylic acids is 1. The summed E-state index contributed by atoms with van der Waals surface area (Å²) in [7, 11) is 0. The molecule has 0 aliphatic rings. The first-order valence-electron chi connectivity index (χ1n) is 6.66. The van der Waals surface area contributed by atoms with Gasteiger partial charge in [-0.15, -0.1) is 0 Å². The van der Waals surface area contributed by atoms with Crippen molar-refractivity contribution >= 4 is 29.3 Å². The molecule has 0 atom stereocenters. The first kappa shape index (κ1) is 17.3. The van der Waals surface area contributed by atoms with Crippen LogP contribution in [0.2, 0.25) is 5.02 Å². The smallest absolute Gasteiger partial charge is 0.337 e.